The first-order valence-corrected chi connectivity index (χ1v) is 6.76. The number of hydrogen-bond acceptors (Lipinski definition) is 3. The van der Waals surface area contributed by atoms with Crippen molar-refractivity contribution in [3.05, 3.63) is 12.7 Å². The third kappa shape index (κ3) is 5.30. The molecular formula is C10H21NO3S. The Morgan fingerprint density at radius 3 is 2.40 bits per heavy atom. The Morgan fingerprint density at radius 1 is 1.47 bits per heavy atom. The quantitative estimate of drug-likeness (QED) is 0.380. The summed E-state index contributed by atoms with van der Waals surface area (Å²) in [4.78, 5) is 0. The van der Waals surface area contributed by atoms with E-state index in [1.807, 2.05) is 0 Å². The Kier molecular flexibility index (Phi) is 6.80. The highest BCUT2D eigenvalue weighted by Gasteiger charge is 2.28. The highest BCUT2D eigenvalue weighted by Crippen LogP contribution is 2.19. The minimum absolute atomic E-state index is 0.0678. The summed E-state index contributed by atoms with van der Waals surface area (Å²) in [5.41, 5.74) is 5.35. The van der Waals surface area contributed by atoms with Crippen LogP contribution in [0, 0.1) is 5.92 Å². The number of nitrogens with two attached hydrogens (primary N) is 1. The van der Waals surface area contributed by atoms with E-state index in [-0.39, 0.29) is 12.5 Å². The van der Waals surface area contributed by atoms with Crippen molar-refractivity contribution >= 4 is 10.1 Å². The van der Waals surface area contributed by atoms with Crippen LogP contribution in [0.2, 0.25) is 0 Å². The Labute approximate surface area is 92.3 Å². The molecular weight excluding hydrogens is 214 g/mol. The van der Waals surface area contributed by atoms with Gasteiger partial charge in [0, 0.05) is 6.54 Å². The standard InChI is InChI=1S/C10H21NO3S/c1-3-5-6-7-9(4-2)10(8-11)15(12,13)14/h4,9-10H,2-3,5-8,11H2,1H3,(H,12,13,14). The fourth-order valence-corrected chi connectivity index (χ4v) is 2.54. The molecule has 0 radical (unpaired) electrons. The van der Waals surface area contributed by atoms with Gasteiger partial charge in [0.15, 0.2) is 0 Å². The van der Waals surface area contributed by atoms with Crippen LogP contribution in [0.5, 0.6) is 0 Å². The van der Waals surface area contributed by atoms with Crippen LogP contribution in [0.1, 0.15) is 32.6 Å². The zero-order chi connectivity index (χ0) is 11.9. The lowest BCUT2D eigenvalue weighted by molar-refractivity contribution is 0.431. The molecule has 3 N–H and O–H groups in total. The maximum atomic E-state index is 11.0. The van der Waals surface area contributed by atoms with Crippen LogP contribution in [0.25, 0.3) is 0 Å². The third-order valence-corrected chi connectivity index (χ3v) is 3.84. The molecule has 0 aromatic carbocycles. The second-order valence-electron chi connectivity index (χ2n) is 3.68. The van der Waals surface area contributed by atoms with Crippen LogP contribution in [0.3, 0.4) is 0 Å². The smallest absolute Gasteiger partial charge is 0.269 e. The molecule has 0 bridgehead atoms. The Bertz CT molecular complexity index is 274. The molecule has 2 unspecified atom stereocenters. The summed E-state index contributed by atoms with van der Waals surface area (Å²) >= 11 is 0. The molecule has 2 atom stereocenters. The molecule has 0 rings (SSSR count). The molecule has 90 valence electrons. The maximum Gasteiger partial charge on any atom is 0.269 e. The molecule has 0 heterocycles. The van der Waals surface area contributed by atoms with Crippen LogP contribution >= 0.6 is 0 Å². The van der Waals surface area contributed by atoms with E-state index >= 15 is 0 Å². The van der Waals surface area contributed by atoms with E-state index in [0.29, 0.717) is 6.42 Å². The zero-order valence-electron chi connectivity index (χ0n) is 9.22. The number of rotatable bonds is 8. The summed E-state index contributed by atoms with van der Waals surface area (Å²) in [6, 6.07) is 0. The van der Waals surface area contributed by atoms with Crippen molar-refractivity contribution < 1.29 is 13.0 Å². The van der Waals surface area contributed by atoms with Crippen LogP contribution in [-0.4, -0.2) is 24.8 Å². The van der Waals surface area contributed by atoms with Gasteiger partial charge in [0.1, 0.15) is 5.25 Å². The lowest BCUT2D eigenvalue weighted by atomic mass is 9.97. The molecule has 15 heavy (non-hydrogen) atoms. The van der Waals surface area contributed by atoms with Gasteiger partial charge in [-0.2, -0.15) is 8.42 Å². The summed E-state index contributed by atoms with van der Waals surface area (Å²) in [5, 5.41) is -0.910. The Balaban J connectivity index is 4.42. The second kappa shape index (κ2) is 6.98. The molecule has 0 aromatic heterocycles. The van der Waals surface area contributed by atoms with Crippen molar-refractivity contribution in [3.8, 4) is 0 Å². The summed E-state index contributed by atoms with van der Waals surface area (Å²) < 4.78 is 31.0. The number of allylic oxidation sites excluding steroid dienone is 1. The fraction of sp³-hybridized carbons (Fsp3) is 0.800. The molecule has 0 aliphatic heterocycles. The molecule has 0 amide bonds. The minimum atomic E-state index is -4.06. The van der Waals surface area contributed by atoms with Crippen LogP contribution in [0.4, 0.5) is 0 Å². The van der Waals surface area contributed by atoms with Crippen molar-refractivity contribution in [2.24, 2.45) is 11.7 Å². The van der Waals surface area contributed by atoms with Gasteiger partial charge in [0.2, 0.25) is 0 Å². The summed E-state index contributed by atoms with van der Waals surface area (Å²) in [6.45, 7) is 5.60. The van der Waals surface area contributed by atoms with Gasteiger partial charge in [0.05, 0.1) is 0 Å². The van der Waals surface area contributed by atoms with Crippen molar-refractivity contribution in [2.45, 2.75) is 37.9 Å². The normalized spacial score (nSPS) is 15.9. The van der Waals surface area contributed by atoms with Gasteiger partial charge in [-0.3, -0.25) is 4.55 Å². The second-order valence-corrected chi connectivity index (χ2v) is 5.32. The molecule has 0 spiro atoms. The highest BCUT2D eigenvalue weighted by molar-refractivity contribution is 7.86. The molecule has 0 aliphatic carbocycles. The van der Waals surface area contributed by atoms with E-state index in [1.165, 1.54) is 0 Å². The number of hydrogen-bond donors (Lipinski definition) is 2. The summed E-state index contributed by atoms with van der Waals surface area (Å²) in [5.74, 6) is -0.253. The SMILES string of the molecule is C=CC(CCCCC)C(CN)S(=O)(=O)O. The van der Waals surface area contributed by atoms with Gasteiger partial charge in [-0.25, -0.2) is 0 Å². The third-order valence-electron chi connectivity index (χ3n) is 2.54. The maximum absolute atomic E-state index is 11.0. The average molecular weight is 235 g/mol. The van der Waals surface area contributed by atoms with Crippen LogP contribution in [-0.2, 0) is 10.1 Å². The molecule has 0 fully saturated rings. The first-order chi connectivity index (χ1) is 6.97. The van der Waals surface area contributed by atoms with Gasteiger partial charge < -0.3 is 5.73 Å². The topological polar surface area (TPSA) is 80.4 Å². The van der Waals surface area contributed by atoms with Gasteiger partial charge in [0.25, 0.3) is 10.1 Å². The van der Waals surface area contributed by atoms with Crippen molar-refractivity contribution in [1.29, 1.82) is 0 Å². The van der Waals surface area contributed by atoms with E-state index in [4.69, 9.17) is 10.3 Å². The van der Waals surface area contributed by atoms with Crippen LogP contribution in [0.15, 0.2) is 12.7 Å². The molecule has 0 saturated carbocycles. The molecule has 0 aromatic rings. The molecule has 0 saturated heterocycles. The largest absolute Gasteiger partial charge is 0.329 e. The van der Waals surface area contributed by atoms with Gasteiger partial charge in [-0.05, 0) is 12.3 Å². The summed E-state index contributed by atoms with van der Waals surface area (Å²) in [6.07, 6.45) is 5.33. The van der Waals surface area contributed by atoms with E-state index in [0.717, 1.165) is 19.3 Å². The van der Waals surface area contributed by atoms with Gasteiger partial charge in [-0.1, -0.05) is 32.3 Å². The fourth-order valence-electron chi connectivity index (χ4n) is 1.60. The number of unbranched alkanes of at least 4 members (excludes halogenated alkanes) is 2. The zero-order valence-corrected chi connectivity index (χ0v) is 10.0. The Hall–Kier alpha value is -0.390. The van der Waals surface area contributed by atoms with Gasteiger partial charge in [-0.15, -0.1) is 6.58 Å². The first kappa shape index (κ1) is 14.6. The molecule has 4 nitrogen and oxygen atoms in total. The summed E-state index contributed by atoms with van der Waals surface area (Å²) in [7, 11) is -4.06. The molecule has 0 aliphatic rings. The van der Waals surface area contributed by atoms with Crippen molar-refractivity contribution in [1.82, 2.24) is 0 Å². The van der Waals surface area contributed by atoms with E-state index in [2.05, 4.69) is 13.5 Å². The van der Waals surface area contributed by atoms with Gasteiger partial charge >= 0.3 is 0 Å². The molecule has 5 heteroatoms. The highest BCUT2D eigenvalue weighted by atomic mass is 32.2. The average Bonchev–Trinajstić information content (AvgIpc) is 2.14. The van der Waals surface area contributed by atoms with E-state index in [1.54, 1.807) is 6.08 Å². The minimum Gasteiger partial charge on any atom is -0.329 e. The lowest BCUT2D eigenvalue weighted by Gasteiger charge is -2.20. The lowest BCUT2D eigenvalue weighted by Crippen LogP contribution is -2.35. The van der Waals surface area contributed by atoms with E-state index in [9.17, 15) is 8.42 Å². The van der Waals surface area contributed by atoms with E-state index < -0.39 is 15.4 Å². The monoisotopic (exact) mass is 235 g/mol. The first-order valence-electron chi connectivity index (χ1n) is 5.26. The van der Waals surface area contributed by atoms with Crippen molar-refractivity contribution in [3.63, 3.8) is 0 Å². The Morgan fingerprint density at radius 2 is 2.07 bits per heavy atom. The van der Waals surface area contributed by atoms with Crippen LogP contribution < -0.4 is 5.73 Å². The predicted octanol–water partition coefficient (Wildman–Crippen LogP) is 1.58. The predicted molar refractivity (Wildman–Crippen MR) is 62.2 cm³/mol. The van der Waals surface area contributed by atoms with Crippen molar-refractivity contribution in [2.75, 3.05) is 6.54 Å².